The monoisotopic (exact) mass is 282 g/mol. The van der Waals surface area contributed by atoms with Crippen LogP contribution in [0, 0.1) is 6.92 Å². The Hall–Kier alpha value is -0.800. The highest BCUT2D eigenvalue weighted by molar-refractivity contribution is 9.10. The first-order valence-electron chi connectivity index (χ1n) is 5.38. The quantitative estimate of drug-likeness (QED) is 0.821. The first-order chi connectivity index (χ1) is 7.69. The Labute approximate surface area is 104 Å². The molecule has 0 spiro atoms. The van der Waals surface area contributed by atoms with Gasteiger partial charge >= 0.3 is 0 Å². The second-order valence-corrected chi connectivity index (χ2v) is 4.73. The second-order valence-electron chi connectivity index (χ2n) is 3.87. The van der Waals surface area contributed by atoms with Crippen LogP contribution in [0.1, 0.15) is 30.6 Å². The minimum Gasteiger partial charge on any atom is -0.463 e. The molecule has 3 heteroatoms. The molecule has 1 aromatic carbocycles. The van der Waals surface area contributed by atoms with E-state index in [2.05, 4.69) is 41.9 Å². The van der Waals surface area contributed by atoms with Gasteiger partial charge in [0, 0.05) is 12.5 Å². The standard InChI is InChI=1S/C13H15BrO2/c1-4-12(15-3)9-5-6-10-11(14)7-16-13(10)8(9)2/h5-7,12H,4H2,1-3H3. The Kier molecular flexibility index (Phi) is 3.36. The van der Waals surface area contributed by atoms with Crippen LogP contribution < -0.4 is 0 Å². The zero-order valence-corrected chi connectivity index (χ0v) is 11.3. The van der Waals surface area contributed by atoms with Crippen LogP contribution in [-0.4, -0.2) is 7.11 Å². The predicted molar refractivity (Wildman–Crippen MR) is 68.7 cm³/mol. The average molecular weight is 283 g/mol. The van der Waals surface area contributed by atoms with Crippen molar-refractivity contribution in [2.45, 2.75) is 26.4 Å². The van der Waals surface area contributed by atoms with Crippen LogP contribution in [-0.2, 0) is 4.74 Å². The molecule has 0 bridgehead atoms. The van der Waals surface area contributed by atoms with E-state index in [1.54, 1.807) is 13.4 Å². The molecule has 0 aliphatic heterocycles. The third-order valence-corrected chi connectivity index (χ3v) is 3.60. The number of rotatable bonds is 3. The number of fused-ring (bicyclic) bond motifs is 1. The summed E-state index contributed by atoms with van der Waals surface area (Å²) in [5.74, 6) is 0. The highest BCUT2D eigenvalue weighted by Crippen LogP contribution is 2.33. The molecular weight excluding hydrogens is 268 g/mol. The minimum atomic E-state index is 0.147. The first kappa shape index (κ1) is 11.7. The highest BCUT2D eigenvalue weighted by atomic mass is 79.9. The Morgan fingerprint density at radius 3 is 2.81 bits per heavy atom. The fraction of sp³-hybridized carbons (Fsp3) is 0.385. The first-order valence-corrected chi connectivity index (χ1v) is 6.17. The van der Waals surface area contributed by atoms with Crippen molar-refractivity contribution in [3.63, 3.8) is 0 Å². The number of furan rings is 1. The van der Waals surface area contributed by atoms with Crippen LogP contribution in [0.3, 0.4) is 0 Å². The number of aryl methyl sites for hydroxylation is 1. The molecule has 0 aliphatic carbocycles. The molecule has 0 fully saturated rings. The maximum absolute atomic E-state index is 5.56. The van der Waals surface area contributed by atoms with Crippen LogP contribution in [0.25, 0.3) is 11.0 Å². The summed E-state index contributed by atoms with van der Waals surface area (Å²) < 4.78 is 12.0. The molecule has 0 N–H and O–H groups in total. The molecule has 0 radical (unpaired) electrons. The Balaban J connectivity index is 2.60. The summed E-state index contributed by atoms with van der Waals surface area (Å²) in [7, 11) is 1.75. The van der Waals surface area contributed by atoms with E-state index in [0.717, 1.165) is 27.4 Å². The van der Waals surface area contributed by atoms with Crippen molar-refractivity contribution in [3.8, 4) is 0 Å². The maximum atomic E-state index is 5.56. The van der Waals surface area contributed by atoms with Crippen molar-refractivity contribution in [1.82, 2.24) is 0 Å². The summed E-state index contributed by atoms with van der Waals surface area (Å²) in [6.45, 7) is 4.20. The SMILES string of the molecule is CCC(OC)c1ccc2c(Br)coc2c1C. The van der Waals surface area contributed by atoms with Crippen molar-refractivity contribution in [2.75, 3.05) is 7.11 Å². The third-order valence-electron chi connectivity index (χ3n) is 2.99. The molecule has 1 atom stereocenters. The van der Waals surface area contributed by atoms with Crippen molar-refractivity contribution in [3.05, 3.63) is 34.0 Å². The Bertz CT molecular complexity index is 498. The van der Waals surface area contributed by atoms with Gasteiger partial charge in [-0.25, -0.2) is 0 Å². The molecule has 1 heterocycles. The van der Waals surface area contributed by atoms with E-state index in [1.165, 1.54) is 5.56 Å². The molecule has 0 saturated carbocycles. The predicted octanol–water partition coefficient (Wildman–Crippen LogP) is 4.60. The zero-order valence-electron chi connectivity index (χ0n) is 9.71. The smallest absolute Gasteiger partial charge is 0.138 e. The Morgan fingerprint density at radius 2 is 2.19 bits per heavy atom. The van der Waals surface area contributed by atoms with Gasteiger partial charge in [0.15, 0.2) is 0 Å². The molecule has 0 aliphatic rings. The van der Waals surface area contributed by atoms with Crippen molar-refractivity contribution >= 4 is 26.9 Å². The second kappa shape index (κ2) is 4.60. The fourth-order valence-corrected chi connectivity index (χ4v) is 2.49. The van der Waals surface area contributed by atoms with Crippen molar-refractivity contribution in [2.24, 2.45) is 0 Å². The zero-order chi connectivity index (χ0) is 11.7. The lowest BCUT2D eigenvalue weighted by atomic mass is 10.00. The van der Waals surface area contributed by atoms with Gasteiger partial charge in [-0.05, 0) is 46.5 Å². The van der Waals surface area contributed by atoms with Gasteiger partial charge < -0.3 is 9.15 Å². The maximum Gasteiger partial charge on any atom is 0.138 e. The van der Waals surface area contributed by atoms with E-state index in [4.69, 9.17) is 9.15 Å². The number of benzene rings is 1. The number of halogens is 1. The van der Waals surface area contributed by atoms with E-state index in [9.17, 15) is 0 Å². The van der Waals surface area contributed by atoms with Gasteiger partial charge in [-0.15, -0.1) is 0 Å². The lowest BCUT2D eigenvalue weighted by molar-refractivity contribution is 0.0996. The normalized spacial score (nSPS) is 13.2. The van der Waals surface area contributed by atoms with Gasteiger partial charge in [0.2, 0.25) is 0 Å². The van der Waals surface area contributed by atoms with Crippen LogP contribution >= 0.6 is 15.9 Å². The summed E-state index contributed by atoms with van der Waals surface area (Å²) in [6.07, 6.45) is 2.84. The van der Waals surface area contributed by atoms with E-state index in [-0.39, 0.29) is 6.10 Å². The molecule has 1 aromatic heterocycles. The van der Waals surface area contributed by atoms with Crippen LogP contribution in [0.15, 0.2) is 27.3 Å². The molecule has 86 valence electrons. The summed E-state index contributed by atoms with van der Waals surface area (Å²) in [4.78, 5) is 0. The van der Waals surface area contributed by atoms with E-state index < -0.39 is 0 Å². The van der Waals surface area contributed by atoms with Crippen molar-refractivity contribution in [1.29, 1.82) is 0 Å². The highest BCUT2D eigenvalue weighted by Gasteiger charge is 2.15. The van der Waals surface area contributed by atoms with Crippen LogP contribution in [0.5, 0.6) is 0 Å². The molecule has 1 unspecified atom stereocenters. The topological polar surface area (TPSA) is 22.4 Å². The summed E-state index contributed by atoms with van der Waals surface area (Å²) >= 11 is 3.47. The molecule has 2 rings (SSSR count). The van der Waals surface area contributed by atoms with Gasteiger partial charge in [0.25, 0.3) is 0 Å². The van der Waals surface area contributed by atoms with Gasteiger partial charge in [-0.1, -0.05) is 13.0 Å². The van der Waals surface area contributed by atoms with E-state index in [1.807, 2.05) is 0 Å². The Morgan fingerprint density at radius 1 is 1.44 bits per heavy atom. The summed E-state index contributed by atoms with van der Waals surface area (Å²) in [6, 6.07) is 4.20. The van der Waals surface area contributed by atoms with Crippen molar-refractivity contribution < 1.29 is 9.15 Å². The fourth-order valence-electron chi connectivity index (χ4n) is 2.08. The number of ether oxygens (including phenoxy) is 1. The van der Waals surface area contributed by atoms with Gasteiger partial charge in [-0.2, -0.15) is 0 Å². The summed E-state index contributed by atoms with van der Waals surface area (Å²) in [5.41, 5.74) is 3.32. The lowest BCUT2D eigenvalue weighted by Gasteiger charge is -2.16. The molecule has 0 saturated heterocycles. The number of hydrogen-bond donors (Lipinski definition) is 0. The molecular formula is C13H15BrO2. The molecule has 16 heavy (non-hydrogen) atoms. The molecule has 2 nitrogen and oxygen atoms in total. The van der Waals surface area contributed by atoms with E-state index in [0.29, 0.717) is 0 Å². The number of methoxy groups -OCH3 is 1. The van der Waals surface area contributed by atoms with Gasteiger partial charge in [-0.3, -0.25) is 0 Å². The van der Waals surface area contributed by atoms with E-state index >= 15 is 0 Å². The molecule has 0 amide bonds. The summed E-state index contributed by atoms with van der Waals surface area (Å²) in [5, 5.41) is 1.12. The van der Waals surface area contributed by atoms with Crippen LogP contribution in [0.2, 0.25) is 0 Å². The largest absolute Gasteiger partial charge is 0.463 e. The van der Waals surface area contributed by atoms with Crippen LogP contribution in [0.4, 0.5) is 0 Å². The molecule has 2 aromatic rings. The van der Waals surface area contributed by atoms with Gasteiger partial charge in [0.05, 0.1) is 10.6 Å². The average Bonchev–Trinajstić information content (AvgIpc) is 2.66. The minimum absolute atomic E-state index is 0.147. The number of hydrogen-bond acceptors (Lipinski definition) is 2. The lowest BCUT2D eigenvalue weighted by Crippen LogP contribution is -2.02. The van der Waals surface area contributed by atoms with Gasteiger partial charge in [0.1, 0.15) is 11.8 Å². The third kappa shape index (κ3) is 1.78.